The molecule has 1 aromatic rings. The average Bonchev–Trinajstić information content (AvgIpc) is 2.05. The van der Waals surface area contributed by atoms with Crippen molar-refractivity contribution in [3.63, 3.8) is 0 Å². The molecule has 0 spiro atoms. The molecule has 0 saturated carbocycles. The van der Waals surface area contributed by atoms with Gasteiger partial charge in [-0.2, -0.15) is 0 Å². The largest absolute Gasteiger partial charge is 0.313 e. The lowest BCUT2D eigenvalue weighted by atomic mass is 9.99. The number of halogens is 1. The quantitative estimate of drug-likeness (QED) is 0.691. The second-order valence-corrected chi connectivity index (χ2v) is 3.33. The molecule has 0 radical (unpaired) electrons. The van der Waals surface area contributed by atoms with Crippen LogP contribution in [-0.2, 0) is 0 Å². The molecule has 0 aromatic heterocycles. The minimum absolute atomic E-state index is 0.390. The summed E-state index contributed by atoms with van der Waals surface area (Å²) in [7, 11) is 0. The smallest absolute Gasteiger partial charge is 0.0408 e. The monoisotopic (exact) mass is 181 g/mol. The molecule has 0 fully saturated rings. The molecule has 0 aliphatic rings. The first-order valence-electron chi connectivity index (χ1n) is 3.98. The molecule has 0 heterocycles. The second kappa shape index (κ2) is 4.27. The molecule has 1 nitrogen and oxygen atoms in total. The Bertz CT molecular complexity index is 270. The van der Waals surface area contributed by atoms with E-state index in [4.69, 9.17) is 17.0 Å². The maximum absolute atomic E-state index is 6.98. The zero-order chi connectivity index (χ0) is 8.97. The standard InChI is InChI=1S/C10H12ClN/c1-8(5-6-12)9-3-2-4-10(11)7-9/h2-4,6-8,12H,5H2,1H3. The van der Waals surface area contributed by atoms with Gasteiger partial charge in [0.25, 0.3) is 0 Å². The molecule has 1 rings (SSSR count). The summed E-state index contributed by atoms with van der Waals surface area (Å²) in [6.45, 7) is 2.09. The van der Waals surface area contributed by atoms with Crippen molar-refractivity contribution in [2.24, 2.45) is 0 Å². The van der Waals surface area contributed by atoms with E-state index in [-0.39, 0.29) is 0 Å². The van der Waals surface area contributed by atoms with Crippen LogP contribution in [0.4, 0.5) is 0 Å². The molecule has 0 aliphatic heterocycles. The summed E-state index contributed by atoms with van der Waals surface area (Å²) < 4.78 is 0. The van der Waals surface area contributed by atoms with Gasteiger partial charge in [-0.05, 0) is 36.2 Å². The Balaban J connectivity index is 2.80. The van der Waals surface area contributed by atoms with Gasteiger partial charge in [0, 0.05) is 5.02 Å². The number of benzene rings is 1. The van der Waals surface area contributed by atoms with Crippen LogP contribution in [-0.4, -0.2) is 6.21 Å². The van der Waals surface area contributed by atoms with Crippen molar-refractivity contribution in [2.75, 3.05) is 0 Å². The first-order chi connectivity index (χ1) is 5.74. The highest BCUT2D eigenvalue weighted by Gasteiger charge is 2.02. The van der Waals surface area contributed by atoms with Crippen LogP contribution >= 0.6 is 11.6 Å². The van der Waals surface area contributed by atoms with Crippen LogP contribution in [0.1, 0.15) is 24.8 Å². The van der Waals surface area contributed by atoms with Crippen molar-refractivity contribution in [1.82, 2.24) is 0 Å². The van der Waals surface area contributed by atoms with Gasteiger partial charge in [0.15, 0.2) is 0 Å². The Morgan fingerprint density at radius 2 is 2.33 bits per heavy atom. The second-order valence-electron chi connectivity index (χ2n) is 2.90. The van der Waals surface area contributed by atoms with Gasteiger partial charge < -0.3 is 5.41 Å². The van der Waals surface area contributed by atoms with Gasteiger partial charge in [0.05, 0.1) is 0 Å². The Labute approximate surface area is 77.9 Å². The van der Waals surface area contributed by atoms with Crippen LogP contribution < -0.4 is 0 Å². The van der Waals surface area contributed by atoms with Crippen molar-refractivity contribution in [3.8, 4) is 0 Å². The van der Waals surface area contributed by atoms with E-state index in [9.17, 15) is 0 Å². The summed E-state index contributed by atoms with van der Waals surface area (Å²) in [4.78, 5) is 0. The molecule has 12 heavy (non-hydrogen) atoms. The van der Waals surface area contributed by atoms with E-state index in [1.54, 1.807) is 0 Å². The summed E-state index contributed by atoms with van der Waals surface area (Å²) in [6.07, 6.45) is 2.21. The fraction of sp³-hybridized carbons (Fsp3) is 0.300. The fourth-order valence-corrected chi connectivity index (χ4v) is 1.32. The lowest BCUT2D eigenvalue weighted by molar-refractivity contribution is 0.811. The van der Waals surface area contributed by atoms with E-state index in [0.717, 1.165) is 11.4 Å². The van der Waals surface area contributed by atoms with Crippen LogP contribution in [0.25, 0.3) is 0 Å². The molecule has 1 unspecified atom stereocenters. The third-order valence-electron chi connectivity index (χ3n) is 1.89. The van der Waals surface area contributed by atoms with E-state index >= 15 is 0 Å². The van der Waals surface area contributed by atoms with E-state index in [1.165, 1.54) is 11.8 Å². The first kappa shape index (κ1) is 9.27. The van der Waals surface area contributed by atoms with Crippen LogP contribution in [0.2, 0.25) is 5.02 Å². The molecular weight excluding hydrogens is 170 g/mol. The van der Waals surface area contributed by atoms with Gasteiger partial charge >= 0.3 is 0 Å². The van der Waals surface area contributed by atoms with Gasteiger partial charge in [0.1, 0.15) is 0 Å². The Hall–Kier alpha value is -0.820. The van der Waals surface area contributed by atoms with Crippen molar-refractivity contribution < 1.29 is 0 Å². The summed E-state index contributed by atoms with van der Waals surface area (Å²) >= 11 is 5.83. The molecule has 64 valence electrons. The molecule has 1 aromatic carbocycles. The SMILES string of the molecule is CC(CC=N)c1cccc(Cl)c1. The van der Waals surface area contributed by atoms with Crippen molar-refractivity contribution in [1.29, 1.82) is 5.41 Å². The third-order valence-corrected chi connectivity index (χ3v) is 2.12. The Morgan fingerprint density at radius 3 is 2.92 bits per heavy atom. The van der Waals surface area contributed by atoms with Crippen LogP contribution in [0, 0.1) is 5.41 Å². The Kier molecular flexibility index (Phi) is 3.30. The number of nitrogens with one attached hydrogen (secondary N) is 1. The van der Waals surface area contributed by atoms with Gasteiger partial charge in [-0.1, -0.05) is 30.7 Å². The first-order valence-corrected chi connectivity index (χ1v) is 4.36. The predicted molar refractivity (Wildman–Crippen MR) is 53.3 cm³/mol. The molecule has 2 heteroatoms. The summed E-state index contributed by atoms with van der Waals surface area (Å²) in [5, 5.41) is 7.75. The molecule has 0 saturated heterocycles. The molecule has 0 aliphatic carbocycles. The minimum Gasteiger partial charge on any atom is -0.313 e. The highest BCUT2D eigenvalue weighted by molar-refractivity contribution is 6.30. The third kappa shape index (κ3) is 2.35. The maximum atomic E-state index is 6.98. The van der Waals surface area contributed by atoms with E-state index in [0.29, 0.717) is 5.92 Å². The molecule has 1 atom stereocenters. The normalized spacial score (nSPS) is 12.5. The van der Waals surface area contributed by atoms with E-state index in [2.05, 4.69) is 6.92 Å². The molecule has 0 bridgehead atoms. The minimum atomic E-state index is 0.390. The highest BCUT2D eigenvalue weighted by atomic mass is 35.5. The van der Waals surface area contributed by atoms with Crippen molar-refractivity contribution >= 4 is 17.8 Å². The predicted octanol–water partition coefficient (Wildman–Crippen LogP) is 3.48. The van der Waals surface area contributed by atoms with Crippen molar-refractivity contribution in [3.05, 3.63) is 34.9 Å². The number of hydrogen-bond donors (Lipinski definition) is 1. The highest BCUT2D eigenvalue weighted by Crippen LogP contribution is 2.20. The summed E-state index contributed by atoms with van der Waals surface area (Å²) in [5.41, 5.74) is 1.20. The van der Waals surface area contributed by atoms with Crippen LogP contribution in [0.15, 0.2) is 24.3 Å². The van der Waals surface area contributed by atoms with Crippen LogP contribution in [0.5, 0.6) is 0 Å². The summed E-state index contributed by atoms with van der Waals surface area (Å²) in [5.74, 6) is 0.390. The molecule has 1 N–H and O–H groups in total. The summed E-state index contributed by atoms with van der Waals surface area (Å²) in [6, 6.07) is 7.80. The zero-order valence-electron chi connectivity index (χ0n) is 7.05. The number of hydrogen-bond acceptors (Lipinski definition) is 1. The average molecular weight is 182 g/mol. The van der Waals surface area contributed by atoms with E-state index < -0.39 is 0 Å². The van der Waals surface area contributed by atoms with Gasteiger partial charge in [-0.3, -0.25) is 0 Å². The fourth-order valence-electron chi connectivity index (χ4n) is 1.13. The van der Waals surface area contributed by atoms with Gasteiger partial charge in [0.2, 0.25) is 0 Å². The van der Waals surface area contributed by atoms with Gasteiger partial charge in [-0.25, -0.2) is 0 Å². The number of rotatable bonds is 3. The lowest BCUT2D eigenvalue weighted by Crippen LogP contribution is -1.93. The zero-order valence-corrected chi connectivity index (χ0v) is 7.81. The van der Waals surface area contributed by atoms with E-state index in [1.807, 2.05) is 24.3 Å². The van der Waals surface area contributed by atoms with Gasteiger partial charge in [-0.15, -0.1) is 0 Å². The topological polar surface area (TPSA) is 23.9 Å². The Morgan fingerprint density at radius 1 is 1.58 bits per heavy atom. The molecule has 0 amide bonds. The van der Waals surface area contributed by atoms with Crippen molar-refractivity contribution in [2.45, 2.75) is 19.3 Å². The molecular formula is C10H12ClN. The maximum Gasteiger partial charge on any atom is 0.0408 e. The lowest BCUT2D eigenvalue weighted by Gasteiger charge is -2.08. The van der Waals surface area contributed by atoms with Crippen LogP contribution in [0.3, 0.4) is 0 Å².